The normalized spacial score (nSPS) is 20.7. The van der Waals surface area contributed by atoms with Crippen molar-refractivity contribution in [2.45, 2.75) is 82.3 Å². The third-order valence-corrected chi connectivity index (χ3v) is 10.4. The number of nitrogens with zero attached hydrogens (tertiary/aromatic N) is 4. The van der Waals surface area contributed by atoms with E-state index in [1.807, 2.05) is 24.3 Å². The molecular weight excluding hydrogens is 651 g/mol. The van der Waals surface area contributed by atoms with Crippen molar-refractivity contribution in [2.24, 2.45) is 0 Å². The van der Waals surface area contributed by atoms with Gasteiger partial charge >= 0.3 is 18.3 Å². The molecule has 0 saturated carbocycles. The number of rotatable bonds is 6. The first kappa shape index (κ1) is 34.2. The lowest BCUT2D eigenvalue weighted by atomic mass is 9.98. The first-order valence-corrected chi connectivity index (χ1v) is 17.1. The van der Waals surface area contributed by atoms with E-state index in [-0.39, 0.29) is 37.1 Å². The number of benzene rings is 2. The van der Waals surface area contributed by atoms with E-state index in [0.29, 0.717) is 38.5 Å². The number of ether oxygens (including phenoxy) is 1. The number of anilines is 1. The highest BCUT2D eigenvalue weighted by Crippen LogP contribution is 2.41. The molecule has 260 valence electrons. The van der Waals surface area contributed by atoms with Gasteiger partial charge in [0.2, 0.25) is 0 Å². The van der Waals surface area contributed by atoms with Crippen LogP contribution in [-0.2, 0) is 28.7 Å². The van der Waals surface area contributed by atoms with Gasteiger partial charge in [-0.15, -0.1) is 0 Å². The quantitative estimate of drug-likeness (QED) is 0.380. The summed E-state index contributed by atoms with van der Waals surface area (Å²) in [6, 6.07) is 9.54. The number of likely N-dealkylation sites (tertiary alicyclic amines) is 3. The number of hydrogen-bond donors (Lipinski definition) is 2. The number of halogens is 4. The van der Waals surface area contributed by atoms with Crippen molar-refractivity contribution in [1.29, 1.82) is 0 Å². The zero-order valence-corrected chi connectivity index (χ0v) is 27.4. The average Bonchev–Trinajstić information content (AvgIpc) is 3.09. The van der Waals surface area contributed by atoms with Crippen molar-refractivity contribution in [3.05, 3.63) is 58.1 Å². The molecule has 2 aromatic rings. The van der Waals surface area contributed by atoms with E-state index in [1.165, 1.54) is 11.3 Å². The van der Waals surface area contributed by atoms with Crippen LogP contribution in [0.1, 0.15) is 61.6 Å². The molecule has 4 aliphatic rings. The number of aromatic hydroxyl groups is 1. The van der Waals surface area contributed by atoms with Crippen molar-refractivity contribution in [3.8, 4) is 5.75 Å². The van der Waals surface area contributed by atoms with Crippen LogP contribution in [0.3, 0.4) is 0 Å². The molecule has 4 heterocycles. The molecule has 0 radical (unpaired) electrons. The molecule has 0 unspecified atom stereocenters. The molecule has 4 aliphatic heterocycles. The molecule has 4 amide bonds. The number of phenolic OH excluding ortho intramolecular Hbond substituents is 1. The number of hydrogen-bond acceptors (Lipinski definition) is 6. The second kappa shape index (κ2) is 14.4. The summed E-state index contributed by atoms with van der Waals surface area (Å²) in [5.74, 6) is -1.57. The molecule has 48 heavy (non-hydrogen) atoms. The van der Waals surface area contributed by atoms with Gasteiger partial charge < -0.3 is 34.8 Å². The fraction of sp³-hybridized carbons (Fsp3) is 0.559. The number of carbonyl (C=O) groups excluding carboxylic acids is 3. The van der Waals surface area contributed by atoms with Crippen LogP contribution in [0, 0.1) is 0 Å². The van der Waals surface area contributed by atoms with Crippen molar-refractivity contribution in [3.63, 3.8) is 0 Å². The predicted octanol–water partition coefficient (Wildman–Crippen LogP) is 6.10. The van der Waals surface area contributed by atoms with Crippen molar-refractivity contribution in [2.75, 3.05) is 44.6 Å². The number of para-hydroxylation sites is 1. The second-order valence-corrected chi connectivity index (χ2v) is 13.5. The first-order chi connectivity index (χ1) is 23.0. The van der Waals surface area contributed by atoms with Gasteiger partial charge in [-0.2, -0.15) is 13.2 Å². The summed E-state index contributed by atoms with van der Waals surface area (Å²) in [4.78, 5) is 47.5. The molecule has 14 heteroatoms. The number of amides is 4. The van der Waals surface area contributed by atoms with Gasteiger partial charge in [-0.05, 0) is 80.9 Å². The lowest BCUT2D eigenvalue weighted by Crippen LogP contribution is -2.53. The van der Waals surface area contributed by atoms with Gasteiger partial charge in [0, 0.05) is 56.9 Å². The lowest BCUT2D eigenvalue weighted by Gasteiger charge is -2.41. The molecule has 10 nitrogen and oxygen atoms in total. The molecule has 0 aromatic heterocycles. The highest BCUT2D eigenvalue weighted by Gasteiger charge is 2.39. The van der Waals surface area contributed by atoms with Gasteiger partial charge in [0.15, 0.2) is 6.10 Å². The third-order valence-electron chi connectivity index (χ3n) is 10.1. The van der Waals surface area contributed by atoms with Crippen LogP contribution < -0.4 is 5.32 Å². The van der Waals surface area contributed by atoms with Gasteiger partial charge in [0.1, 0.15) is 5.75 Å². The first-order valence-electron chi connectivity index (χ1n) is 16.7. The number of alkyl halides is 3. The van der Waals surface area contributed by atoms with Crippen molar-refractivity contribution < 1.29 is 37.4 Å². The van der Waals surface area contributed by atoms with Crippen molar-refractivity contribution >= 4 is 35.3 Å². The van der Waals surface area contributed by atoms with Gasteiger partial charge in [-0.1, -0.05) is 36.2 Å². The number of piperidine rings is 3. The Hall–Kier alpha value is -3.71. The standard InChI is InChI=1S/C34H41ClF3N5O5/c35-27-19-22(18-26(30(27)44)34(36,37)38)20-29(31(45)41-14-8-24(9-15-41)40-12-4-1-5-13-40)48-33(47)42-16-10-25(11-17-42)43-21-23-6-2-3-7-28(23)39-32(43)46/h2-3,6-7,18-19,24-25,29,44H,1,4-5,8-17,20-21H2,(H,39,46)/t29-/m1/s1. The summed E-state index contributed by atoms with van der Waals surface area (Å²) >= 11 is 5.97. The fourth-order valence-corrected chi connectivity index (χ4v) is 7.64. The molecule has 0 spiro atoms. The summed E-state index contributed by atoms with van der Waals surface area (Å²) < 4.78 is 46.9. The van der Waals surface area contributed by atoms with Gasteiger partial charge in [0.25, 0.3) is 5.91 Å². The van der Waals surface area contributed by atoms with Crippen LogP contribution >= 0.6 is 11.6 Å². The number of fused-ring (bicyclic) bond motifs is 1. The van der Waals surface area contributed by atoms with E-state index in [4.69, 9.17) is 16.3 Å². The molecule has 3 saturated heterocycles. The Morgan fingerprint density at radius 2 is 1.58 bits per heavy atom. The van der Waals surface area contributed by atoms with Crippen molar-refractivity contribution in [1.82, 2.24) is 19.6 Å². The minimum Gasteiger partial charge on any atom is -0.506 e. The van der Waals surface area contributed by atoms with E-state index in [0.717, 1.165) is 62.2 Å². The molecule has 0 bridgehead atoms. The summed E-state index contributed by atoms with van der Waals surface area (Å²) in [5, 5.41) is 12.4. The number of carbonyl (C=O) groups is 3. The van der Waals surface area contributed by atoms with Crippen LogP contribution in [-0.4, -0.2) is 100 Å². The van der Waals surface area contributed by atoms with Crippen LogP contribution in [0.4, 0.5) is 28.4 Å². The fourth-order valence-electron chi connectivity index (χ4n) is 7.39. The Morgan fingerprint density at radius 3 is 2.27 bits per heavy atom. The summed E-state index contributed by atoms with van der Waals surface area (Å²) in [5.41, 5.74) is 0.470. The SMILES string of the molecule is O=C(O[C@H](Cc1cc(Cl)c(O)c(C(F)(F)F)c1)C(=O)N1CCC(N2CCCCC2)CC1)N1CCC(N2Cc3ccccc3NC2=O)CC1. The maximum absolute atomic E-state index is 13.9. The number of phenols is 1. The Kier molecular flexibility index (Phi) is 10.3. The minimum absolute atomic E-state index is 0.00887. The minimum atomic E-state index is -4.88. The van der Waals surface area contributed by atoms with E-state index in [9.17, 15) is 32.7 Å². The highest BCUT2D eigenvalue weighted by atomic mass is 35.5. The van der Waals surface area contributed by atoms with Crippen LogP contribution in [0.25, 0.3) is 0 Å². The van der Waals surface area contributed by atoms with Crippen LogP contribution in [0.5, 0.6) is 5.75 Å². The molecule has 2 N–H and O–H groups in total. The molecular formula is C34H41ClF3N5O5. The molecule has 2 aromatic carbocycles. The summed E-state index contributed by atoms with van der Waals surface area (Å²) in [7, 11) is 0. The topological polar surface area (TPSA) is 106 Å². The van der Waals surface area contributed by atoms with E-state index in [1.54, 1.807) is 9.80 Å². The maximum atomic E-state index is 13.9. The molecule has 0 aliphatic carbocycles. The smallest absolute Gasteiger partial charge is 0.420 e. The van der Waals surface area contributed by atoms with E-state index >= 15 is 0 Å². The second-order valence-electron chi connectivity index (χ2n) is 13.1. The van der Waals surface area contributed by atoms with Gasteiger partial charge in [0.05, 0.1) is 10.6 Å². The summed E-state index contributed by atoms with van der Waals surface area (Å²) in [6.07, 6.45) is -1.32. The Labute approximate surface area is 282 Å². The molecule has 3 fully saturated rings. The molecule has 6 rings (SSSR count). The Bertz CT molecular complexity index is 1500. The number of nitrogens with one attached hydrogen (secondary N) is 1. The third kappa shape index (κ3) is 7.62. The maximum Gasteiger partial charge on any atom is 0.420 e. The molecule has 1 atom stereocenters. The zero-order valence-electron chi connectivity index (χ0n) is 26.7. The largest absolute Gasteiger partial charge is 0.506 e. The Morgan fingerprint density at radius 1 is 0.938 bits per heavy atom. The lowest BCUT2D eigenvalue weighted by molar-refractivity contribution is -0.142. The number of urea groups is 1. The van der Waals surface area contributed by atoms with Crippen LogP contribution in [0.15, 0.2) is 36.4 Å². The van der Waals surface area contributed by atoms with E-state index < -0.39 is 40.6 Å². The highest BCUT2D eigenvalue weighted by molar-refractivity contribution is 6.32. The van der Waals surface area contributed by atoms with Gasteiger partial charge in [-0.25, -0.2) is 9.59 Å². The van der Waals surface area contributed by atoms with Crippen LogP contribution in [0.2, 0.25) is 5.02 Å². The predicted molar refractivity (Wildman–Crippen MR) is 173 cm³/mol. The van der Waals surface area contributed by atoms with Gasteiger partial charge in [-0.3, -0.25) is 4.79 Å². The average molecular weight is 692 g/mol. The summed E-state index contributed by atoms with van der Waals surface area (Å²) in [6.45, 7) is 3.98. The van der Waals surface area contributed by atoms with E-state index in [2.05, 4.69) is 10.2 Å². The Balaban J connectivity index is 1.13. The zero-order chi connectivity index (χ0) is 34.0. The monoisotopic (exact) mass is 691 g/mol.